The summed E-state index contributed by atoms with van der Waals surface area (Å²) in [7, 11) is 0. The predicted molar refractivity (Wildman–Crippen MR) is 114 cm³/mol. The number of hydrogen-bond acceptors (Lipinski definition) is 6. The van der Waals surface area contributed by atoms with Gasteiger partial charge in [0.25, 0.3) is 0 Å². The molecule has 1 aliphatic rings. The van der Waals surface area contributed by atoms with Gasteiger partial charge in [0.05, 0.1) is 5.56 Å². The molecule has 0 aliphatic carbocycles. The molecular weight excluding hydrogens is 416 g/mol. The second-order valence-electron chi connectivity index (χ2n) is 7.41. The molecule has 0 bridgehead atoms. The molecule has 8 nitrogen and oxygen atoms in total. The second-order valence-corrected chi connectivity index (χ2v) is 7.41. The summed E-state index contributed by atoms with van der Waals surface area (Å²) in [5, 5.41) is 11.4. The minimum absolute atomic E-state index is 0.00403. The molecule has 1 amide bonds. The Balaban J connectivity index is 1.58. The zero-order valence-electron chi connectivity index (χ0n) is 17.0. The van der Waals surface area contributed by atoms with E-state index >= 15 is 0 Å². The summed E-state index contributed by atoms with van der Waals surface area (Å²) in [4.78, 5) is 17.8. The average Bonchev–Trinajstić information content (AvgIpc) is 3.43. The SMILES string of the molecule is CC(=O)N1CCc2cc(-c3cnc(N)c(-c4nnnn4-c4cccc(F)c4F)c3)ccc21. The monoisotopic (exact) mass is 433 g/mol. The first-order chi connectivity index (χ1) is 15.4. The molecule has 0 unspecified atom stereocenters. The van der Waals surface area contributed by atoms with Gasteiger partial charge in [0.15, 0.2) is 17.5 Å². The Morgan fingerprint density at radius 2 is 1.94 bits per heavy atom. The third-order valence-corrected chi connectivity index (χ3v) is 5.48. The van der Waals surface area contributed by atoms with Gasteiger partial charge in [0.1, 0.15) is 11.5 Å². The van der Waals surface area contributed by atoms with Crippen LogP contribution in [-0.4, -0.2) is 37.6 Å². The number of benzene rings is 2. The lowest BCUT2D eigenvalue weighted by Gasteiger charge is -2.15. The van der Waals surface area contributed by atoms with Crippen LogP contribution in [0.5, 0.6) is 0 Å². The lowest BCUT2D eigenvalue weighted by atomic mass is 10.0. The van der Waals surface area contributed by atoms with Crippen molar-refractivity contribution in [1.29, 1.82) is 0 Å². The highest BCUT2D eigenvalue weighted by molar-refractivity contribution is 5.94. The Bertz CT molecular complexity index is 1370. The van der Waals surface area contributed by atoms with Crippen LogP contribution in [0.3, 0.4) is 0 Å². The number of halogens is 2. The van der Waals surface area contributed by atoms with Crippen LogP contribution in [0, 0.1) is 11.6 Å². The third-order valence-electron chi connectivity index (χ3n) is 5.48. The Labute approximate surface area is 181 Å². The molecule has 5 rings (SSSR count). The van der Waals surface area contributed by atoms with Crippen molar-refractivity contribution >= 4 is 17.4 Å². The highest BCUT2D eigenvalue weighted by atomic mass is 19.2. The summed E-state index contributed by atoms with van der Waals surface area (Å²) in [6, 6.07) is 11.3. The summed E-state index contributed by atoms with van der Waals surface area (Å²) < 4.78 is 29.2. The molecule has 0 spiro atoms. The first kappa shape index (κ1) is 19.7. The van der Waals surface area contributed by atoms with E-state index in [1.165, 1.54) is 12.1 Å². The van der Waals surface area contributed by atoms with Crippen LogP contribution in [0.1, 0.15) is 12.5 Å². The molecule has 0 fully saturated rings. The molecule has 10 heteroatoms. The lowest BCUT2D eigenvalue weighted by molar-refractivity contribution is -0.116. The summed E-state index contributed by atoms with van der Waals surface area (Å²) in [5.74, 6) is -1.81. The van der Waals surface area contributed by atoms with Crippen molar-refractivity contribution in [1.82, 2.24) is 25.2 Å². The summed E-state index contributed by atoms with van der Waals surface area (Å²) in [6.45, 7) is 2.19. The van der Waals surface area contributed by atoms with Crippen molar-refractivity contribution in [2.75, 3.05) is 17.2 Å². The van der Waals surface area contributed by atoms with E-state index in [-0.39, 0.29) is 23.2 Å². The number of nitrogens with two attached hydrogens (primary N) is 1. The zero-order chi connectivity index (χ0) is 22.4. The third kappa shape index (κ3) is 3.16. The molecule has 3 heterocycles. The molecule has 2 aromatic heterocycles. The van der Waals surface area contributed by atoms with Crippen LogP contribution in [0.15, 0.2) is 48.7 Å². The van der Waals surface area contributed by atoms with Crippen LogP contribution in [0.2, 0.25) is 0 Å². The maximum Gasteiger partial charge on any atom is 0.223 e. The largest absolute Gasteiger partial charge is 0.383 e. The van der Waals surface area contributed by atoms with Crippen molar-refractivity contribution in [3.05, 3.63) is 65.9 Å². The number of hydrogen-bond donors (Lipinski definition) is 1. The number of nitrogen functional groups attached to an aromatic ring is 1. The zero-order valence-corrected chi connectivity index (χ0v) is 17.0. The first-order valence-electron chi connectivity index (χ1n) is 9.84. The lowest BCUT2D eigenvalue weighted by Crippen LogP contribution is -2.25. The molecule has 0 saturated heterocycles. The number of fused-ring (bicyclic) bond motifs is 1. The van der Waals surface area contributed by atoms with Crippen LogP contribution in [0.4, 0.5) is 20.3 Å². The number of rotatable bonds is 3. The maximum absolute atomic E-state index is 14.4. The predicted octanol–water partition coefficient (Wildman–Crippen LogP) is 3.16. The van der Waals surface area contributed by atoms with Crippen molar-refractivity contribution < 1.29 is 13.6 Å². The fourth-order valence-electron chi connectivity index (χ4n) is 3.89. The molecule has 0 atom stereocenters. The molecule has 2 N–H and O–H groups in total. The van der Waals surface area contributed by atoms with E-state index in [2.05, 4.69) is 20.5 Å². The van der Waals surface area contributed by atoms with Gasteiger partial charge in [-0.3, -0.25) is 4.79 Å². The van der Waals surface area contributed by atoms with Crippen molar-refractivity contribution in [2.24, 2.45) is 0 Å². The van der Waals surface area contributed by atoms with Crippen LogP contribution in [-0.2, 0) is 11.2 Å². The van der Waals surface area contributed by atoms with E-state index in [1.54, 1.807) is 24.1 Å². The number of aromatic nitrogens is 5. The van der Waals surface area contributed by atoms with Crippen LogP contribution >= 0.6 is 0 Å². The van der Waals surface area contributed by atoms with Gasteiger partial charge < -0.3 is 10.6 Å². The smallest absolute Gasteiger partial charge is 0.223 e. The summed E-state index contributed by atoms with van der Waals surface area (Å²) in [5.41, 5.74) is 9.89. The van der Waals surface area contributed by atoms with E-state index in [0.717, 1.165) is 39.5 Å². The molecule has 160 valence electrons. The number of anilines is 2. The van der Waals surface area contributed by atoms with Crippen molar-refractivity contribution in [2.45, 2.75) is 13.3 Å². The van der Waals surface area contributed by atoms with E-state index < -0.39 is 11.6 Å². The van der Waals surface area contributed by atoms with Gasteiger partial charge in [-0.15, -0.1) is 5.10 Å². The number of carbonyl (C=O) groups is 1. The van der Waals surface area contributed by atoms with Crippen molar-refractivity contribution in [3.8, 4) is 28.2 Å². The van der Waals surface area contributed by atoms with Gasteiger partial charge in [0, 0.05) is 30.9 Å². The van der Waals surface area contributed by atoms with Gasteiger partial charge in [0.2, 0.25) is 5.91 Å². The molecule has 2 aromatic carbocycles. The van der Waals surface area contributed by atoms with E-state index in [0.29, 0.717) is 12.1 Å². The Hall–Kier alpha value is -4.21. The highest BCUT2D eigenvalue weighted by Crippen LogP contribution is 2.34. The quantitative estimate of drug-likeness (QED) is 0.532. The molecule has 0 radical (unpaired) electrons. The number of pyridine rings is 1. The fraction of sp³-hybridized carbons (Fsp3) is 0.136. The fourth-order valence-corrected chi connectivity index (χ4v) is 3.89. The molecular formula is C22H17F2N7O. The average molecular weight is 433 g/mol. The summed E-state index contributed by atoms with van der Waals surface area (Å²) >= 11 is 0. The second kappa shape index (κ2) is 7.49. The summed E-state index contributed by atoms with van der Waals surface area (Å²) in [6.07, 6.45) is 2.38. The van der Waals surface area contributed by atoms with E-state index in [4.69, 9.17) is 5.73 Å². The first-order valence-corrected chi connectivity index (χ1v) is 9.84. The Morgan fingerprint density at radius 3 is 2.75 bits per heavy atom. The molecule has 0 saturated carbocycles. The van der Waals surface area contributed by atoms with E-state index in [9.17, 15) is 13.6 Å². The topological polar surface area (TPSA) is 103 Å². The molecule has 4 aromatic rings. The van der Waals surface area contributed by atoms with Gasteiger partial charge in [-0.1, -0.05) is 12.1 Å². The van der Waals surface area contributed by atoms with Crippen LogP contribution < -0.4 is 10.6 Å². The van der Waals surface area contributed by atoms with Gasteiger partial charge in [-0.25, -0.2) is 13.8 Å². The standard InChI is InChI=1S/C22H17F2N7O/c1-12(32)30-8-7-14-9-13(5-6-18(14)30)15-10-16(21(25)26-11-15)22-27-28-29-31(22)19-4-2-3-17(23)20(19)24/h2-6,9-11H,7-8H2,1H3,(H2,25,26). The minimum atomic E-state index is -1.07. The van der Waals surface area contributed by atoms with Gasteiger partial charge in [-0.2, -0.15) is 4.68 Å². The number of carbonyl (C=O) groups excluding carboxylic acids is 1. The maximum atomic E-state index is 14.4. The highest BCUT2D eigenvalue weighted by Gasteiger charge is 2.23. The Kier molecular flexibility index (Phi) is 4.62. The molecule has 32 heavy (non-hydrogen) atoms. The Morgan fingerprint density at radius 1 is 1.09 bits per heavy atom. The van der Waals surface area contributed by atoms with E-state index in [1.807, 2.05) is 18.2 Å². The number of amides is 1. The normalized spacial score (nSPS) is 12.8. The minimum Gasteiger partial charge on any atom is -0.383 e. The van der Waals surface area contributed by atoms with Gasteiger partial charge >= 0.3 is 0 Å². The molecule has 1 aliphatic heterocycles. The van der Waals surface area contributed by atoms with Gasteiger partial charge in [-0.05, 0) is 58.3 Å². The number of tetrazole rings is 1. The van der Waals surface area contributed by atoms with Crippen LogP contribution in [0.25, 0.3) is 28.2 Å². The number of nitrogens with zero attached hydrogens (tertiary/aromatic N) is 6. The van der Waals surface area contributed by atoms with Crippen molar-refractivity contribution in [3.63, 3.8) is 0 Å².